The summed E-state index contributed by atoms with van der Waals surface area (Å²) in [5, 5.41) is 40.5. The van der Waals surface area contributed by atoms with Crippen molar-refractivity contribution in [3.05, 3.63) is 40.6 Å². The third kappa shape index (κ3) is 3.40. The Morgan fingerprint density at radius 3 is 2.21 bits per heavy atom. The zero-order valence-electron chi connectivity index (χ0n) is 17.9. The van der Waals surface area contributed by atoms with E-state index in [1.807, 2.05) is 60.6 Å². The molecule has 2 atom stereocenters. The van der Waals surface area contributed by atoms with Crippen molar-refractivity contribution in [1.82, 2.24) is 9.78 Å². The summed E-state index contributed by atoms with van der Waals surface area (Å²) in [6.07, 6.45) is -1.64. The number of rotatable bonds is 4. The van der Waals surface area contributed by atoms with E-state index in [2.05, 4.69) is 16.5 Å². The smallest absolute Gasteiger partial charge is 0.213 e. The van der Waals surface area contributed by atoms with Crippen LogP contribution < -0.4 is 5.32 Å². The third-order valence-electron chi connectivity index (χ3n) is 5.62. The van der Waals surface area contributed by atoms with Crippen LogP contribution in [0, 0.1) is 13.8 Å². The maximum absolute atomic E-state index is 10.9. The van der Waals surface area contributed by atoms with Gasteiger partial charge < -0.3 is 20.6 Å². The van der Waals surface area contributed by atoms with Gasteiger partial charge in [0, 0.05) is 17.2 Å². The molecule has 0 bridgehead atoms. The van der Waals surface area contributed by atoms with Crippen LogP contribution in [0.4, 0.5) is 5.69 Å². The van der Waals surface area contributed by atoms with Crippen molar-refractivity contribution in [1.29, 1.82) is 0 Å². The van der Waals surface area contributed by atoms with Crippen molar-refractivity contribution in [3.8, 4) is 5.88 Å². The van der Waals surface area contributed by atoms with Gasteiger partial charge in [0.1, 0.15) is 0 Å². The lowest BCUT2D eigenvalue weighted by Gasteiger charge is -2.47. The predicted molar refractivity (Wildman–Crippen MR) is 111 cm³/mol. The van der Waals surface area contributed by atoms with Crippen molar-refractivity contribution in [2.24, 2.45) is 0 Å². The van der Waals surface area contributed by atoms with E-state index < -0.39 is 29.7 Å². The first-order valence-electron chi connectivity index (χ1n) is 9.95. The van der Waals surface area contributed by atoms with Crippen molar-refractivity contribution < 1.29 is 15.3 Å². The molecule has 1 aromatic carbocycles. The van der Waals surface area contributed by atoms with E-state index in [1.54, 1.807) is 4.68 Å². The summed E-state index contributed by atoms with van der Waals surface area (Å²) >= 11 is 0. The zero-order chi connectivity index (χ0) is 21.0. The zero-order valence-corrected chi connectivity index (χ0v) is 17.9. The fraction of sp³-hybridized carbons (Fsp3) is 0.591. The molecule has 1 aliphatic carbocycles. The molecule has 0 amide bonds. The van der Waals surface area contributed by atoms with Crippen LogP contribution >= 0.6 is 0 Å². The molecular formula is C22H33N3O3. The van der Waals surface area contributed by atoms with Crippen molar-refractivity contribution in [2.75, 3.05) is 5.32 Å². The molecule has 1 fully saturated rings. The first-order chi connectivity index (χ1) is 12.9. The molecule has 154 valence electrons. The molecule has 0 spiro atoms. The lowest BCUT2D eigenvalue weighted by molar-refractivity contribution is -0.0672. The molecule has 3 rings (SSSR count). The molecular weight excluding hydrogens is 354 g/mol. The molecule has 6 nitrogen and oxygen atoms in total. The topological polar surface area (TPSA) is 90.5 Å². The number of anilines is 1. The van der Waals surface area contributed by atoms with Gasteiger partial charge in [-0.1, -0.05) is 31.5 Å². The average molecular weight is 388 g/mol. The molecule has 0 aliphatic heterocycles. The molecule has 0 radical (unpaired) electrons. The maximum atomic E-state index is 10.9. The fourth-order valence-corrected chi connectivity index (χ4v) is 4.02. The summed E-state index contributed by atoms with van der Waals surface area (Å²) < 4.78 is 1.59. The van der Waals surface area contributed by atoms with E-state index in [0.29, 0.717) is 5.56 Å². The van der Waals surface area contributed by atoms with Crippen molar-refractivity contribution in [2.45, 2.75) is 84.1 Å². The highest BCUT2D eigenvalue weighted by atomic mass is 16.3. The van der Waals surface area contributed by atoms with Gasteiger partial charge in [-0.25, -0.2) is 4.68 Å². The Hall–Kier alpha value is -2.05. The maximum Gasteiger partial charge on any atom is 0.213 e. The van der Waals surface area contributed by atoms with Crippen LogP contribution in [0.3, 0.4) is 0 Å². The second kappa shape index (κ2) is 7.08. The van der Waals surface area contributed by atoms with Gasteiger partial charge in [0.05, 0.1) is 29.5 Å². The lowest BCUT2D eigenvalue weighted by atomic mass is 9.69. The molecule has 1 aliphatic rings. The van der Waals surface area contributed by atoms with E-state index in [4.69, 9.17) is 0 Å². The molecule has 2 unspecified atom stereocenters. The van der Waals surface area contributed by atoms with Crippen LogP contribution in [0.5, 0.6) is 5.88 Å². The van der Waals surface area contributed by atoms with Gasteiger partial charge in [-0.3, -0.25) is 0 Å². The number of hydrogen-bond acceptors (Lipinski definition) is 5. The summed E-state index contributed by atoms with van der Waals surface area (Å²) in [4.78, 5) is 0. The highest BCUT2D eigenvalue weighted by Crippen LogP contribution is 2.46. The summed E-state index contributed by atoms with van der Waals surface area (Å²) in [7, 11) is 0. The number of nitrogens with zero attached hydrogens (tertiary/aromatic N) is 2. The van der Waals surface area contributed by atoms with E-state index >= 15 is 0 Å². The van der Waals surface area contributed by atoms with Crippen LogP contribution in [0.2, 0.25) is 0 Å². The van der Waals surface area contributed by atoms with Crippen molar-refractivity contribution >= 4 is 5.69 Å². The normalized spacial score (nSPS) is 25.1. The second-order valence-electron chi connectivity index (χ2n) is 9.36. The van der Waals surface area contributed by atoms with Gasteiger partial charge in [-0.15, -0.1) is 0 Å². The molecule has 28 heavy (non-hydrogen) atoms. The van der Waals surface area contributed by atoms with Crippen LogP contribution in [-0.2, 0) is 5.54 Å². The Bertz CT molecular complexity index is 857. The minimum absolute atomic E-state index is 0.0317. The lowest BCUT2D eigenvalue weighted by Crippen LogP contribution is -2.61. The van der Waals surface area contributed by atoms with Gasteiger partial charge in [0.2, 0.25) is 5.88 Å². The van der Waals surface area contributed by atoms with Gasteiger partial charge in [-0.05, 0) is 52.2 Å². The molecule has 1 aromatic heterocycles. The first-order valence-corrected chi connectivity index (χ1v) is 9.95. The van der Waals surface area contributed by atoms with E-state index in [0.717, 1.165) is 22.5 Å². The monoisotopic (exact) mass is 387 g/mol. The number of aromatic hydroxyl groups is 1. The van der Waals surface area contributed by atoms with Gasteiger partial charge in [-0.2, -0.15) is 5.10 Å². The Kier molecular flexibility index (Phi) is 5.23. The fourth-order valence-electron chi connectivity index (χ4n) is 4.02. The number of hydrogen-bond donors (Lipinski definition) is 4. The molecule has 1 saturated carbocycles. The summed E-state index contributed by atoms with van der Waals surface area (Å²) in [5.41, 5.74) is 4.00. The SMILES string of the molecule is Cc1ccc(NC2C(O)C(c3c(C(C)C)nn(C(C)(C)C)c3O)C2O)c(C)c1. The van der Waals surface area contributed by atoms with Crippen LogP contribution in [0.25, 0.3) is 0 Å². The van der Waals surface area contributed by atoms with Gasteiger partial charge in [0.25, 0.3) is 0 Å². The average Bonchev–Trinajstić information content (AvgIpc) is 2.92. The molecule has 0 saturated heterocycles. The minimum Gasteiger partial charge on any atom is -0.493 e. The second-order valence-corrected chi connectivity index (χ2v) is 9.36. The summed E-state index contributed by atoms with van der Waals surface area (Å²) in [6, 6.07) is 5.53. The number of aromatic nitrogens is 2. The van der Waals surface area contributed by atoms with E-state index in [-0.39, 0.29) is 11.8 Å². The first kappa shape index (κ1) is 20.7. The highest BCUT2D eigenvalue weighted by Gasteiger charge is 2.53. The Morgan fingerprint density at radius 2 is 1.71 bits per heavy atom. The van der Waals surface area contributed by atoms with Crippen LogP contribution in [0.15, 0.2) is 18.2 Å². The Balaban J connectivity index is 1.91. The highest BCUT2D eigenvalue weighted by molar-refractivity contribution is 5.55. The van der Waals surface area contributed by atoms with E-state index in [1.165, 1.54) is 0 Å². The van der Waals surface area contributed by atoms with Gasteiger partial charge in [0.15, 0.2) is 0 Å². The number of benzene rings is 1. The number of aliphatic hydroxyl groups excluding tert-OH is 2. The summed E-state index contributed by atoms with van der Waals surface area (Å²) in [6.45, 7) is 13.9. The van der Waals surface area contributed by atoms with Crippen molar-refractivity contribution in [3.63, 3.8) is 0 Å². The molecule has 1 heterocycles. The quantitative estimate of drug-likeness (QED) is 0.646. The van der Waals surface area contributed by atoms with E-state index in [9.17, 15) is 15.3 Å². The number of nitrogens with one attached hydrogen (secondary N) is 1. The number of aryl methyl sites for hydroxylation is 2. The van der Waals surface area contributed by atoms with Gasteiger partial charge >= 0.3 is 0 Å². The Morgan fingerprint density at radius 1 is 1.11 bits per heavy atom. The minimum atomic E-state index is -0.822. The Labute approximate surface area is 167 Å². The third-order valence-corrected chi connectivity index (χ3v) is 5.62. The van der Waals surface area contributed by atoms with Crippen LogP contribution in [0.1, 0.15) is 68.8 Å². The summed E-state index contributed by atoms with van der Waals surface area (Å²) in [5.74, 6) is -0.476. The van der Waals surface area contributed by atoms with Crippen LogP contribution in [-0.4, -0.2) is 43.3 Å². The molecule has 2 aromatic rings. The molecule has 4 N–H and O–H groups in total. The predicted octanol–water partition coefficient (Wildman–Crippen LogP) is 3.38. The number of aliphatic hydroxyl groups is 2. The molecule has 6 heteroatoms. The standard InChI is InChI=1S/C22H33N3O3/c1-11(2)17-15(21(28)25(24-17)22(5,6)7)16-19(26)18(20(16)27)23-14-9-8-12(3)10-13(14)4/h8-11,16,18-20,23,26-28H,1-7H3. The largest absolute Gasteiger partial charge is 0.493 e.